The molecule has 1 aliphatic rings. The summed E-state index contributed by atoms with van der Waals surface area (Å²) < 4.78 is 5.64. The van der Waals surface area contributed by atoms with Gasteiger partial charge < -0.3 is 15.4 Å². The van der Waals surface area contributed by atoms with Crippen molar-refractivity contribution >= 4 is 23.5 Å². The van der Waals surface area contributed by atoms with E-state index in [1.54, 1.807) is 11.0 Å². The van der Waals surface area contributed by atoms with Gasteiger partial charge in [0.05, 0.1) is 6.61 Å². The number of hydrogen-bond donors (Lipinski definition) is 1. The average Bonchev–Trinajstić information content (AvgIpc) is 2.61. The summed E-state index contributed by atoms with van der Waals surface area (Å²) in [7, 11) is 0. The summed E-state index contributed by atoms with van der Waals surface area (Å²) in [5.74, 6) is 2.06. The zero-order chi connectivity index (χ0) is 19.1. The van der Waals surface area contributed by atoms with E-state index in [2.05, 4.69) is 21.9 Å². The molecule has 0 bridgehead atoms. The highest BCUT2D eigenvalue weighted by Gasteiger charge is 2.26. The number of amidine groups is 1. The van der Waals surface area contributed by atoms with Gasteiger partial charge in [0, 0.05) is 25.1 Å². The summed E-state index contributed by atoms with van der Waals surface area (Å²) in [5.41, 5.74) is 5.78. The first-order valence-corrected chi connectivity index (χ1v) is 9.48. The second kappa shape index (κ2) is 9.71. The number of nitrogens with two attached hydrogens (primary N) is 1. The van der Waals surface area contributed by atoms with Gasteiger partial charge >= 0.3 is 6.03 Å². The van der Waals surface area contributed by atoms with Crippen molar-refractivity contribution in [1.29, 1.82) is 0 Å². The molecule has 2 rings (SSSR count). The lowest BCUT2D eigenvalue weighted by Crippen LogP contribution is -2.39. The molecular weight excluding hydrogens is 354 g/mol. The zero-order valence-electron chi connectivity index (χ0n) is 15.7. The van der Waals surface area contributed by atoms with Gasteiger partial charge in [0.1, 0.15) is 17.3 Å². The van der Waals surface area contributed by atoms with E-state index in [1.165, 1.54) is 6.33 Å². The Morgan fingerprint density at radius 1 is 1.38 bits per heavy atom. The lowest BCUT2D eigenvalue weighted by molar-refractivity contribution is 0.149. The predicted molar refractivity (Wildman–Crippen MR) is 102 cm³/mol. The third-order valence-corrected chi connectivity index (χ3v) is 5.07. The molecule has 2 N–H and O–H groups in total. The molecule has 1 aromatic rings. The average molecular weight is 382 g/mol. The van der Waals surface area contributed by atoms with E-state index < -0.39 is 0 Å². The number of carbonyl (C=O) groups is 1. The fraction of sp³-hybridized carbons (Fsp3) is 0.667. The molecule has 26 heavy (non-hydrogen) atoms. The summed E-state index contributed by atoms with van der Waals surface area (Å²) in [6, 6.07) is 1.39. The van der Waals surface area contributed by atoms with Crippen LogP contribution in [0.5, 0.6) is 5.88 Å². The number of urea groups is 1. The molecule has 0 radical (unpaired) electrons. The summed E-state index contributed by atoms with van der Waals surface area (Å²) in [4.78, 5) is 25.8. The Kier molecular flexibility index (Phi) is 7.63. The van der Waals surface area contributed by atoms with Crippen LogP contribution in [0.2, 0.25) is 5.15 Å². The van der Waals surface area contributed by atoms with Crippen LogP contribution in [0.3, 0.4) is 0 Å². The van der Waals surface area contributed by atoms with Gasteiger partial charge in [0.2, 0.25) is 5.88 Å². The number of amides is 2. The van der Waals surface area contributed by atoms with Gasteiger partial charge in [-0.25, -0.2) is 14.8 Å². The second-order valence-corrected chi connectivity index (χ2v) is 7.48. The van der Waals surface area contributed by atoms with Crippen LogP contribution in [0.1, 0.15) is 40.0 Å². The molecule has 1 atom stereocenters. The molecule has 2 amide bonds. The first kappa shape index (κ1) is 20.4. The van der Waals surface area contributed by atoms with Crippen LogP contribution < -0.4 is 10.5 Å². The zero-order valence-corrected chi connectivity index (χ0v) is 16.4. The molecule has 1 fully saturated rings. The van der Waals surface area contributed by atoms with Crippen molar-refractivity contribution in [2.45, 2.75) is 40.0 Å². The van der Waals surface area contributed by atoms with Crippen molar-refractivity contribution in [3.05, 3.63) is 17.5 Å². The molecule has 0 saturated carbocycles. The molecule has 1 saturated heterocycles. The Hall–Kier alpha value is -1.89. The van der Waals surface area contributed by atoms with Gasteiger partial charge in [0.25, 0.3) is 0 Å². The molecule has 1 aliphatic heterocycles. The quantitative estimate of drug-likeness (QED) is 0.463. The highest BCUT2D eigenvalue weighted by Crippen LogP contribution is 2.27. The fourth-order valence-electron chi connectivity index (χ4n) is 2.95. The third kappa shape index (κ3) is 6.12. The number of aliphatic imine (C=N–C) groups is 1. The standard InChI is InChI=1S/C18H28ClN5O2/c1-12(2)17(20)23-18(25)24-7-4-14(5-8-24)13(3)6-9-26-16-10-15(19)21-11-22-16/h10-14H,4-9H2,1-3H3,(H2,20,23,25). The van der Waals surface area contributed by atoms with Crippen molar-refractivity contribution < 1.29 is 9.53 Å². The van der Waals surface area contributed by atoms with Crippen LogP contribution in [-0.4, -0.2) is 46.4 Å². The predicted octanol–water partition coefficient (Wildman–Crippen LogP) is 3.38. The van der Waals surface area contributed by atoms with Crippen LogP contribution in [0.15, 0.2) is 17.4 Å². The summed E-state index contributed by atoms with van der Waals surface area (Å²) in [6.45, 7) is 8.13. The minimum atomic E-state index is -0.216. The van der Waals surface area contributed by atoms with Gasteiger partial charge in [-0.3, -0.25) is 0 Å². The number of carbonyl (C=O) groups excluding carboxylic acids is 1. The Morgan fingerprint density at radius 2 is 2.08 bits per heavy atom. The molecule has 1 aromatic heterocycles. The van der Waals surface area contributed by atoms with Gasteiger partial charge in [-0.05, 0) is 31.1 Å². The number of aromatic nitrogens is 2. The molecule has 144 valence electrons. The van der Waals surface area contributed by atoms with E-state index in [-0.39, 0.29) is 11.9 Å². The summed E-state index contributed by atoms with van der Waals surface area (Å²) >= 11 is 5.82. The van der Waals surface area contributed by atoms with Gasteiger partial charge in [-0.15, -0.1) is 0 Å². The van der Waals surface area contributed by atoms with E-state index in [1.807, 2.05) is 13.8 Å². The lowest BCUT2D eigenvalue weighted by atomic mass is 9.84. The number of rotatable bonds is 6. The van der Waals surface area contributed by atoms with Crippen LogP contribution in [0, 0.1) is 17.8 Å². The van der Waals surface area contributed by atoms with Crippen molar-refractivity contribution in [2.75, 3.05) is 19.7 Å². The SMILES string of the molecule is CC(C)C(N)=NC(=O)N1CCC(C(C)CCOc2cc(Cl)ncn2)CC1. The normalized spacial score (nSPS) is 17.4. The van der Waals surface area contributed by atoms with Gasteiger partial charge in [-0.1, -0.05) is 32.4 Å². The first-order valence-electron chi connectivity index (χ1n) is 9.10. The largest absolute Gasteiger partial charge is 0.478 e. The Morgan fingerprint density at radius 3 is 2.69 bits per heavy atom. The molecular formula is C18H28ClN5O2. The van der Waals surface area contributed by atoms with Gasteiger partial charge in [-0.2, -0.15) is 4.99 Å². The fourth-order valence-corrected chi connectivity index (χ4v) is 3.09. The van der Waals surface area contributed by atoms with Crippen LogP contribution in [0.4, 0.5) is 4.79 Å². The van der Waals surface area contributed by atoms with E-state index >= 15 is 0 Å². The number of ether oxygens (including phenoxy) is 1. The maximum absolute atomic E-state index is 12.2. The molecule has 2 heterocycles. The number of piperidine rings is 1. The van der Waals surface area contributed by atoms with Crippen molar-refractivity contribution in [1.82, 2.24) is 14.9 Å². The first-order chi connectivity index (χ1) is 12.4. The molecule has 7 nitrogen and oxygen atoms in total. The maximum Gasteiger partial charge on any atom is 0.345 e. The minimum absolute atomic E-state index is 0.0845. The highest BCUT2D eigenvalue weighted by molar-refractivity contribution is 6.29. The van der Waals surface area contributed by atoms with Crippen LogP contribution in [-0.2, 0) is 0 Å². The Bertz CT molecular complexity index is 630. The van der Waals surface area contributed by atoms with E-state index in [4.69, 9.17) is 22.1 Å². The van der Waals surface area contributed by atoms with Crippen LogP contribution >= 0.6 is 11.6 Å². The van der Waals surface area contributed by atoms with Crippen LogP contribution in [0.25, 0.3) is 0 Å². The van der Waals surface area contributed by atoms with Gasteiger partial charge in [0.15, 0.2) is 0 Å². The minimum Gasteiger partial charge on any atom is -0.478 e. The van der Waals surface area contributed by atoms with E-state index in [9.17, 15) is 4.79 Å². The molecule has 0 aliphatic carbocycles. The van der Waals surface area contributed by atoms with Crippen molar-refractivity contribution in [2.24, 2.45) is 28.5 Å². The van der Waals surface area contributed by atoms with E-state index in [0.29, 0.717) is 35.3 Å². The van der Waals surface area contributed by atoms with Crippen molar-refractivity contribution in [3.8, 4) is 5.88 Å². The molecule has 8 heteroatoms. The highest BCUT2D eigenvalue weighted by atomic mass is 35.5. The number of halogens is 1. The smallest absolute Gasteiger partial charge is 0.345 e. The lowest BCUT2D eigenvalue weighted by Gasteiger charge is -2.34. The Labute approximate surface area is 160 Å². The molecule has 1 unspecified atom stereocenters. The van der Waals surface area contributed by atoms with E-state index in [0.717, 1.165) is 32.4 Å². The summed E-state index contributed by atoms with van der Waals surface area (Å²) in [6.07, 6.45) is 4.27. The Balaban J connectivity index is 1.73. The maximum atomic E-state index is 12.2. The molecule has 0 aromatic carbocycles. The number of nitrogens with zero attached hydrogens (tertiary/aromatic N) is 4. The monoisotopic (exact) mass is 381 g/mol. The topological polar surface area (TPSA) is 93.7 Å². The number of hydrogen-bond acceptors (Lipinski definition) is 4. The second-order valence-electron chi connectivity index (χ2n) is 7.09. The molecule has 0 spiro atoms. The number of likely N-dealkylation sites (tertiary alicyclic amines) is 1. The third-order valence-electron chi connectivity index (χ3n) is 4.86. The summed E-state index contributed by atoms with van der Waals surface area (Å²) in [5, 5.41) is 0.376. The van der Waals surface area contributed by atoms with Crippen molar-refractivity contribution in [3.63, 3.8) is 0 Å².